The highest BCUT2D eigenvalue weighted by Gasteiger charge is 2.22. The molecule has 0 radical (unpaired) electrons. The van der Waals surface area contributed by atoms with E-state index in [0.717, 1.165) is 0 Å². The number of esters is 1. The maximum atomic E-state index is 11.9. The van der Waals surface area contributed by atoms with Gasteiger partial charge in [0.25, 0.3) is 5.56 Å². The van der Waals surface area contributed by atoms with Crippen LogP contribution in [0, 0.1) is 6.92 Å². The molecule has 7 nitrogen and oxygen atoms in total. The second kappa shape index (κ2) is 6.02. The fourth-order valence-corrected chi connectivity index (χ4v) is 2.05. The second-order valence-electron chi connectivity index (χ2n) is 4.72. The molecule has 0 aliphatic carbocycles. The molecule has 2 aromatic rings. The van der Waals surface area contributed by atoms with Gasteiger partial charge in [0.05, 0.1) is 30.5 Å². The lowest BCUT2D eigenvalue weighted by Gasteiger charge is -2.17. The molecule has 1 aromatic carbocycles. The zero-order valence-corrected chi connectivity index (χ0v) is 11.7. The Kier molecular flexibility index (Phi) is 4.35. The first-order valence-corrected chi connectivity index (χ1v) is 6.36. The van der Waals surface area contributed by atoms with Crippen LogP contribution >= 0.6 is 0 Å². The van der Waals surface area contributed by atoms with E-state index in [4.69, 9.17) is 0 Å². The van der Waals surface area contributed by atoms with E-state index in [1.165, 1.54) is 13.2 Å². The topological polar surface area (TPSA) is 113 Å². The lowest BCUT2D eigenvalue weighted by atomic mass is 10.0. The molecular formula is C14H16N2O5. The van der Waals surface area contributed by atoms with Crippen molar-refractivity contribution in [3.8, 4) is 0 Å². The summed E-state index contributed by atoms with van der Waals surface area (Å²) in [5.74, 6) is -0.135. The third kappa shape index (κ3) is 3.26. The molecule has 0 saturated carbocycles. The number of fused-ring (bicyclic) bond motifs is 1. The minimum absolute atomic E-state index is 0.308. The lowest BCUT2D eigenvalue weighted by Crippen LogP contribution is -2.23. The van der Waals surface area contributed by atoms with E-state index < -0.39 is 18.2 Å². The van der Waals surface area contributed by atoms with Crippen molar-refractivity contribution in [1.82, 2.24) is 9.97 Å². The molecule has 0 bridgehead atoms. The van der Waals surface area contributed by atoms with Crippen molar-refractivity contribution < 1.29 is 19.7 Å². The number of aliphatic hydroxyl groups is 2. The van der Waals surface area contributed by atoms with Gasteiger partial charge in [-0.05, 0) is 24.6 Å². The number of H-pyrrole nitrogens is 1. The van der Waals surface area contributed by atoms with Crippen LogP contribution in [-0.2, 0) is 9.53 Å². The number of aromatic nitrogens is 2. The lowest BCUT2D eigenvalue weighted by molar-refractivity contribution is -0.144. The number of benzene rings is 1. The number of rotatable bonds is 4. The Balaban J connectivity index is 2.34. The summed E-state index contributed by atoms with van der Waals surface area (Å²) in [4.78, 5) is 29.7. The highest BCUT2D eigenvalue weighted by atomic mass is 16.5. The van der Waals surface area contributed by atoms with E-state index in [1.807, 2.05) is 0 Å². The zero-order chi connectivity index (χ0) is 15.6. The van der Waals surface area contributed by atoms with Crippen LogP contribution in [-0.4, -0.2) is 39.4 Å². The molecule has 1 aromatic heterocycles. The minimum atomic E-state index is -1.31. The number of nitrogens with zero attached hydrogens (tertiary/aromatic N) is 1. The van der Waals surface area contributed by atoms with Crippen molar-refractivity contribution in [2.75, 3.05) is 7.11 Å². The summed E-state index contributed by atoms with van der Waals surface area (Å²) in [5.41, 5.74) is 0.499. The van der Waals surface area contributed by atoms with E-state index in [2.05, 4.69) is 14.7 Å². The van der Waals surface area contributed by atoms with Gasteiger partial charge in [0.1, 0.15) is 11.9 Å². The first kappa shape index (κ1) is 15.1. The number of hydrogen-bond donors (Lipinski definition) is 3. The van der Waals surface area contributed by atoms with Gasteiger partial charge in [-0.25, -0.2) is 4.98 Å². The van der Waals surface area contributed by atoms with Gasteiger partial charge >= 0.3 is 5.97 Å². The number of nitrogens with one attached hydrogen (secondary N) is 1. The zero-order valence-electron chi connectivity index (χ0n) is 11.7. The molecule has 0 aliphatic rings. The Morgan fingerprint density at radius 3 is 2.81 bits per heavy atom. The summed E-state index contributed by atoms with van der Waals surface area (Å²) in [6, 6.07) is 4.59. The fourth-order valence-electron chi connectivity index (χ4n) is 2.05. The van der Waals surface area contributed by atoms with E-state index in [0.29, 0.717) is 22.3 Å². The van der Waals surface area contributed by atoms with Crippen LogP contribution in [0.25, 0.3) is 10.9 Å². The summed E-state index contributed by atoms with van der Waals surface area (Å²) in [7, 11) is 1.20. The van der Waals surface area contributed by atoms with Crippen molar-refractivity contribution in [2.45, 2.75) is 25.6 Å². The molecule has 1 heterocycles. The van der Waals surface area contributed by atoms with Crippen LogP contribution in [0.5, 0.6) is 0 Å². The molecular weight excluding hydrogens is 276 g/mol. The molecule has 2 unspecified atom stereocenters. The van der Waals surface area contributed by atoms with Gasteiger partial charge in [0.15, 0.2) is 0 Å². The van der Waals surface area contributed by atoms with E-state index >= 15 is 0 Å². The Bertz CT molecular complexity index is 725. The van der Waals surface area contributed by atoms with Crippen LogP contribution in [0.2, 0.25) is 0 Å². The Morgan fingerprint density at radius 1 is 1.43 bits per heavy atom. The minimum Gasteiger partial charge on any atom is -0.469 e. The molecule has 112 valence electrons. The molecule has 0 saturated heterocycles. The van der Waals surface area contributed by atoms with Crippen molar-refractivity contribution in [3.05, 3.63) is 39.9 Å². The highest BCUT2D eigenvalue weighted by molar-refractivity contribution is 5.78. The standard InChI is InChI=1S/C14H16N2O5/c1-7-15-10-4-3-8(5-9(10)14(20)16-7)13(19)11(17)6-12(18)21-2/h3-5,11,13,17,19H,6H2,1-2H3,(H,15,16,20). The average Bonchev–Trinajstić information content (AvgIpc) is 2.45. The monoisotopic (exact) mass is 292 g/mol. The van der Waals surface area contributed by atoms with E-state index in [1.54, 1.807) is 19.1 Å². The number of aromatic amines is 1. The van der Waals surface area contributed by atoms with Crippen molar-refractivity contribution >= 4 is 16.9 Å². The number of methoxy groups -OCH3 is 1. The van der Waals surface area contributed by atoms with Gasteiger partial charge in [-0.2, -0.15) is 0 Å². The van der Waals surface area contributed by atoms with Crippen molar-refractivity contribution in [1.29, 1.82) is 0 Å². The van der Waals surface area contributed by atoms with Crippen LogP contribution in [0.4, 0.5) is 0 Å². The first-order chi connectivity index (χ1) is 9.92. The summed E-state index contributed by atoms with van der Waals surface area (Å²) >= 11 is 0. The number of aryl methyl sites for hydroxylation is 1. The van der Waals surface area contributed by atoms with Gasteiger partial charge in [-0.1, -0.05) is 6.07 Å². The van der Waals surface area contributed by atoms with Crippen LogP contribution in [0.3, 0.4) is 0 Å². The number of hydrogen-bond acceptors (Lipinski definition) is 6. The summed E-state index contributed by atoms with van der Waals surface area (Å²) in [6.07, 6.45) is -2.94. The van der Waals surface area contributed by atoms with Crippen molar-refractivity contribution in [3.63, 3.8) is 0 Å². The highest BCUT2D eigenvalue weighted by Crippen LogP contribution is 2.21. The van der Waals surface area contributed by atoms with Gasteiger partial charge in [-0.3, -0.25) is 9.59 Å². The van der Waals surface area contributed by atoms with E-state index in [-0.39, 0.29) is 12.0 Å². The Labute approximate surface area is 120 Å². The number of ether oxygens (including phenoxy) is 1. The van der Waals surface area contributed by atoms with Crippen LogP contribution in [0.1, 0.15) is 23.9 Å². The van der Waals surface area contributed by atoms with Crippen LogP contribution < -0.4 is 5.56 Å². The molecule has 2 atom stereocenters. The Morgan fingerprint density at radius 2 is 2.14 bits per heavy atom. The molecule has 2 rings (SSSR count). The Hall–Kier alpha value is -2.25. The molecule has 7 heteroatoms. The number of carbonyl (C=O) groups excluding carboxylic acids is 1. The predicted molar refractivity (Wildman–Crippen MR) is 74.7 cm³/mol. The smallest absolute Gasteiger partial charge is 0.308 e. The second-order valence-corrected chi connectivity index (χ2v) is 4.72. The van der Waals surface area contributed by atoms with Gasteiger partial charge in [0.2, 0.25) is 0 Å². The normalized spacial score (nSPS) is 13.9. The molecule has 0 fully saturated rings. The third-order valence-corrected chi connectivity index (χ3v) is 3.16. The summed E-state index contributed by atoms with van der Waals surface area (Å²) < 4.78 is 4.43. The van der Waals surface area contributed by atoms with Gasteiger partial charge in [-0.15, -0.1) is 0 Å². The van der Waals surface area contributed by atoms with E-state index in [9.17, 15) is 19.8 Å². The number of carbonyl (C=O) groups is 1. The molecule has 0 spiro atoms. The largest absolute Gasteiger partial charge is 0.469 e. The average molecular weight is 292 g/mol. The molecule has 3 N–H and O–H groups in total. The summed E-state index contributed by atoms with van der Waals surface area (Å²) in [6.45, 7) is 1.67. The van der Waals surface area contributed by atoms with Crippen molar-refractivity contribution in [2.24, 2.45) is 0 Å². The quantitative estimate of drug-likeness (QED) is 0.693. The summed E-state index contributed by atoms with van der Waals surface area (Å²) in [5, 5.41) is 20.2. The third-order valence-electron chi connectivity index (χ3n) is 3.16. The number of aliphatic hydroxyl groups excluding tert-OH is 2. The fraction of sp³-hybridized carbons (Fsp3) is 0.357. The molecule has 0 amide bonds. The molecule has 21 heavy (non-hydrogen) atoms. The maximum Gasteiger partial charge on any atom is 0.308 e. The predicted octanol–water partition coefficient (Wildman–Crippen LogP) is 0.189. The molecule has 0 aliphatic heterocycles. The van der Waals surface area contributed by atoms with Gasteiger partial charge in [0, 0.05) is 0 Å². The van der Waals surface area contributed by atoms with Crippen LogP contribution in [0.15, 0.2) is 23.0 Å². The first-order valence-electron chi connectivity index (χ1n) is 6.36. The van der Waals surface area contributed by atoms with Gasteiger partial charge < -0.3 is 19.9 Å². The SMILES string of the molecule is COC(=O)CC(O)C(O)c1ccc2nc(C)[nH]c(=O)c2c1. The maximum absolute atomic E-state index is 11.9.